The van der Waals surface area contributed by atoms with Crippen molar-refractivity contribution in [2.24, 2.45) is 0 Å². The van der Waals surface area contributed by atoms with E-state index < -0.39 is 17.8 Å². The molecule has 7 heteroatoms. The van der Waals surface area contributed by atoms with Crippen molar-refractivity contribution in [1.29, 1.82) is 0 Å². The van der Waals surface area contributed by atoms with Crippen LogP contribution in [-0.2, 0) is 22.3 Å². The van der Waals surface area contributed by atoms with Gasteiger partial charge in [0.2, 0.25) is 0 Å². The third kappa shape index (κ3) is 3.62. The number of alkyl halides is 3. The van der Waals surface area contributed by atoms with Gasteiger partial charge in [0, 0.05) is 12.6 Å². The van der Waals surface area contributed by atoms with E-state index in [-0.39, 0.29) is 6.61 Å². The molecule has 1 aromatic heterocycles. The van der Waals surface area contributed by atoms with Crippen LogP contribution in [0.5, 0.6) is 0 Å². The molecule has 0 radical (unpaired) electrons. The fraction of sp³-hybridized carbons (Fsp3) is 0.286. The summed E-state index contributed by atoms with van der Waals surface area (Å²) in [4.78, 5) is 10.7. The van der Waals surface area contributed by atoms with Gasteiger partial charge in [0.25, 0.3) is 0 Å². The van der Waals surface area contributed by atoms with E-state index in [1.54, 1.807) is 31.2 Å². The van der Waals surface area contributed by atoms with E-state index in [4.69, 9.17) is 4.74 Å². The summed E-state index contributed by atoms with van der Waals surface area (Å²) in [6.45, 7) is 2.98. The molecule has 21 heavy (non-hydrogen) atoms. The Hall–Kier alpha value is -2.31. The first-order chi connectivity index (χ1) is 9.77. The number of nitrogens with zero attached hydrogens (tertiary/aromatic N) is 2. The Labute approximate surface area is 119 Å². The maximum absolute atomic E-state index is 12.6. The number of hydrogen-bond donors (Lipinski definition) is 0. The minimum absolute atomic E-state index is 0.126. The normalized spacial score (nSPS) is 11.5. The molecule has 1 aromatic carbocycles. The van der Waals surface area contributed by atoms with Crippen LogP contribution in [0.3, 0.4) is 0 Å². The van der Waals surface area contributed by atoms with Crippen LogP contribution in [0.1, 0.15) is 23.9 Å². The number of carbonyl (C=O) groups excluding carboxylic acids is 1. The van der Waals surface area contributed by atoms with E-state index >= 15 is 0 Å². The highest BCUT2D eigenvalue weighted by atomic mass is 19.4. The van der Waals surface area contributed by atoms with E-state index in [9.17, 15) is 18.0 Å². The molecule has 2 aromatic rings. The molecule has 0 fully saturated rings. The third-order valence-electron chi connectivity index (χ3n) is 2.80. The van der Waals surface area contributed by atoms with Crippen molar-refractivity contribution in [3.63, 3.8) is 0 Å². The largest absolute Gasteiger partial charge is 0.461 e. The summed E-state index contributed by atoms with van der Waals surface area (Å²) in [7, 11) is 0. The number of esters is 1. The van der Waals surface area contributed by atoms with Gasteiger partial charge in [0.15, 0.2) is 5.69 Å². The molecule has 0 aliphatic rings. The lowest BCUT2D eigenvalue weighted by atomic mass is 10.2. The van der Waals surface area contributed by atoms with Gasteiger partial charge in [-0.2, -0.15) is 18.3 Å². The van der Waals surface area contributed by atoms with Gasteiger partial charge in [-0.3, -0.25) is 4.79 Å². The number of rotatable bonds is 3. The van der Waals surface area contributed by atoms with Crippen molar-refractivity contribution in [3.05, 3.63) is 47.3 Å². The zero-order chi connectivity index (χ0) is 15.6. The molecule has 1 heterocycles. The molecule has 0 bridgehead atoms. The van der Waals surface area contributed by atoms with Crippen molar-refractivity contribution >= 4 is 5.97 Å². The average Bonchev–Trinajstić information content (AvgIpc) is 2.79. The van der Waals surface area contributed by atoms with E-state index in [1.165, 1.54) is 11.6 Å². The molecule has 0 amide bonds. The monoisotopic (exact) mass is 298 g/mol. The maximum atomic E-state index is 12.6. The van der Waals surface area contributed by atoms with Gasteiger partial charge in [-0.25, -0.2) is 4.68 Å². The molecular weight excluding hydrogens is 285 g/mol. The summed E-state index contributed by atoms with van der Waals surface area (Å²) < 4.78 is 43.9. The topological polar surface area (TPSA) is 44.1 Å². The highest BCUT2D eigenvalue weighted by Gasteiger charge is 2.34. The first-order valence-electron chi connectivity index (χ1n) is 6.14. The van der Waals surface area contributed by atoms with E-state index in [0.717, 1.165) is 11.6 Å². The molecule has 4 nitrogen and oxygen atoms in total. The van der Waals surface area contributed by atoms with Crippen LogP contribution in [0, 0.1) is 6.92 Å². The van der Waals surface area contributed by atoms with Gasteiger partial charge in [0.05, 0.1) is 5.69 Å². The number of benzene rings is 1. The van der Waals surface area contributed by atoms with Gasteiger partial charge in [-0.05, 0) is 30.7 Å². The van der Waals surface area contributed by atoms with Gasteiger partial charge >= 0.3 is 12.1 Å². The fourth-order valence-corrected chi connectivity index (χ4v) is 1.79. The second kappa shape index (κ2) is 5.59. The number of carbonyl (C=O) groups is 1. The van der Waals surface area contributed by atoms with E-state index in [2.05, 4.69) is 5.10 Å². The van der Waals surface area contributed by atoms with Crippen LogP contribution in [0.2, 0.25) is 0 Å². The molecule has 0 saturated heterocycles. The molecule has 0 unspecified atom stereocenters. The zero-order valence-electron chi connectivity index (χ0n) is 11.4. The van der Waals surface area contributed by atoms with Crippen LogP contribution < -0.4 is 0 Å². The molecule has 0 atom stereocenters. The van der Waals surface area contributed by atoms with E-state index in [0.29, 0.717) is 11.4 Å². The van der Waals surface area contributed by atoms with Gasteiger partial charge in [-0.1, -0.05) is 12.1 Å². The number of aryl methyl sites for hydroxylation is 1. The predicted molar refractivity (Wildman–Crippen MR) is 68.8 cm³/mol. The van der Waals surface area contributed by atoms with Crippen LogP contribution in [0.4, 0.5) is 13.2 Å². The highest BCUT2D eigenvalue weighted by molar-refractivity contribution is 5.65. The molecule has 0 aliphatic heterocycles. The number of ether oxygens (including phenoxy) is 1. The van der Waals surface area contributed by atoms with Crippen molar-refractivity contribution in [1.82, 2.24) is 9.78 Å². The summed E-state index contributed by atoms with van der Waals surface area (Å²) in [5.74, 6) is -0.392. The summed E-state index contributed by atoms with van der Waals surface area (Å²) >= 11 is 0. The standard InChI is InChI=1S/C14H13F3N2O2/c1-9-7-13(14(15,16)17)18-19(9)12-5-3-11(4-6-12)8-21-10(2)20/h3-7H,8H2,1-2H3. The Morgan fingerprint density at radius 1 is 1.29 bits per heavy atom. The quantitative estimate of drug-likeness (QED) is 0.817. The molecule has 0 N–H and O–H groups in total. The zero-order valence-corrected chi connectivity index (χ0v) is 11.4. The van der Waals surface area contributed by atoms with E-state index in [1.807, 2.05) is 0 Å². The minimum Gasteiger partial charge on any atom is -0.461 e. The fourth-order valence-electron chi connectivity index (χ4n) is 1.79. The minimum atomic E-state index is -4.47. The van der Waals surface area contributed by atoms with Crippen LogP contribution in [0.25, 0.3) is 5.69 Å². The predicted octanol–water partition coefficient (Wildman–Crippen LogP) is 3.26. The van der Waals surface area contributed by atoms with Crippen LogP contribution in [-0.4, -0.2) is 15.7 Å². The third-order valence-corrected chi connectivity index (χ3v) is 2.80. The lowest BCUT2D eigenvalue weighted by molar-refractivity contribution is -0.142. The van der Waals surface area contributed by atoms with Crippen molar-refractivity contribution in [2.45, 2.75) is 26.6 Å². The lowest BCUT2D eigenvalue weighted by Crippen LogP contribution is -2.07. The van der Waals surface area contributed by atoms with Gasteiger partial charge in [-0.15, -0.1) is 0 Å². The number of aromatic nitrogens is 2. The Morgan fingerprint density at radius 2 is 1.90 bits per heavy atom. The summed E-state index contributed by atoms with van der Waals surface area (Å²) in [6, 6.07) is 7.59. The molecule has 0 saturated carbocycles. The van der Waals surface area contributed by atoms with Crippen LogP contribution in [0.15, 0.2) is 30.3 Å². The average molecular weight is 298 g/mol. The summed E-state index contributed by atoms with van der Waals surface area (Å²) in [6.07, 6.45) is -4.47. The Bertz CT molecular complexity index is 645. The summed E-state index contributed by atoms with van der Waals surface area (Å²) in [5, 5.41) is 3.56. The molecule has 0 spiro atoms. The summed E-state index contributed by atoms with van der Waals surface area (Å²) in [5.41, 5.74) is 0.712. The SMILES string of the molecule is CC(=O)OCc1ccc(-n2nc(C(F)(F)F)cc2C)cc1. The molecular formula is C14H13F3N2O2. The first kappa shape index (κ1) is 15.1. The number of hydrogen-bond acceptors (Lipinski definition) is 3. The molecule has 0 aliphatic carbocycles. The number of halogens is 3. The Morgan fingerprint density at radius 3 is 2.38 bits per heavy atom. The Kier molecular flexibility index (Phi) is 4.02. The second-order valence-electron chi connectivity index (χ2n) is 4.53. The maximum Gasteiger partial charge on any atom is 0.435 e. The van der Waals surface area contributed by atoms with Crippen molar-refractivity contribution < 1.29 is 22.7 Å². The smallest absolute Gasteiger partial charge is 0.435 e. The van der Waals surface area contributed by atoms with Crippen molar-refractivity contribution in [3.8, 4) is 5.69 Å². The van der Waals surface area contributed by atoms with Gasteiger partial charge in [0.1, 0.15) is 6.61 Å². The molecule has 2 rings (SSSR count). The lowest BCUT2D eigenvalue weighted by Gasteiger charge is -2.07. The highest BCUT2D eigenvalue weighted by Crippen LogP contribution is 2.29. The van der Waals surface area contributed by atoms with Crippen molar-refractivity contribution in [2.75, 3.05) is 0 Å². The van der Waals surface area contributed by atoms with Gasteiger partial charge < -0.3 is 4.74 Å². The van der Waals surface area contributed by atoms with Crippen LogP contribution >= 0.6 is 0 Å². The first-order valence-corrected chi connectivity index (χ1v) is 6.14. The molecule has 112 valence electrons. The second-order valence-corrected chi connectivity index (χ2v) is 4.53. The Balaban J connectivity index is 2.23.